The third kappa shape index (κ3) is 1.96. The number of hydrogen-bond acceptors (Lipinski definition) is 3. The highest BCUT2D eigenvalue weighted by Gasteiger charge is 2.18. The highest BCUT2D eigenvalue weighted by Crippen LogP contribution is 2.23. The minimum absolute atomic E-state index is 0.195. The van der Waals surface area contributed by atoms with Gasteiger partial charge in [-0.3, -0.25) is 4.79 Å². The molecule has 0 saturated carbocycles. The first-order valence-corrected chi connectivity index (χ1v) is 4.98. The molecule has 1 atom stereocenters. The zero-order valence-electron chi connectivity index (χ0n) is 7.62. The Morgan fingerprint density at radius 1 is 1.64 bits per heavy atom. The van der Waals surface area contributed by atoms with Crippen LogP contribution in [0.5, 0.6) is 0 Å². The van der Waals surface area contributed by atoms with Gasteiger partial charge in [-0.25, -0.2) is 5.10 Å². The first-order chi connectivity index (χ1) is 6.77. The topological polar surface area (TPSA) is 55.0 Å². The number of hydrogen-bond donors (Lipinski definition) is 1. The van der Waals surface area contributed by atoms with E-state index in [1.807, 2.05) is 0 Å². The Hall–Kier alpha value is -0.870. The Labute approximate surface area is 86.2 Å². The van der Waals surface area contributed by atoms with Gasteiger partial charge in [0, 0.05) is 12.5 Å². The summed E-state index contributed by atoms with van der Waals surface area (Å²) in [4.78, 5) is 11.0. The first-order valence-electron chi connectivity index (χ1n) is 4.60. The van der Waals surface area contributed by atoms with Gasteiger partial charge >= 0.3 is 0 Å². The Bertz CT molecular complexity index is 371. The smallest absolute Gasteiger partial charge is 0.282 e. The lowest BCUT2D eigenvalue weighted by molar-refractivity contribution is 0.0790. The molecular weight excluding hydrogens is 204 g/mol. The van der Waals surface area contributed by atoms with Gasteiger partial charge in [-0.15, -0.1) is 0 Å². The summed E-state index contributed by atoms with van der Waals surface area (Å²) in [5.74, 6) is 0.262. The van der Waals surface area contributed by atoms with Crippen LogP contribution in [-0.2, 0) is 4.74 Å². The summed E-state index contributed by atoms with van der Waals surface area (Å²) >= 11 is 5.71. The van der Waals surface area contributed by atoms with Crippen LogP contribution in [0.1, 0.15) is 24.5 Å². The van der Waals surface area contributed by atoms with E-state index in [1.165, 1.54) is 0 Å². The minimum atomic E-state index is -0.341. The van der Waals surface area contributed by atoms with Crippen molar-refractivity contribution >= 4 is 11.6 Å². The summed E-state index contributed by atoms with van der Waals surface area (Å²) in [7, 11) is 0. The van der Waals surface area contributed by atoms with E-state index in [-0.39, 0.29) is 16.5 Å². The summed E-state index contributed by atoms with van der Waals surface area (Å²) in [5, 5.41) is 6.53. The summed E-state index contributed by atoms with van der Waals surface area (Å²) in [6.45, 7) is 1.48. The van der Waals surface area contributed by atoms with Crippen molar-refractivity contribution in [3.8, 4) is 0 Å². The standard InChI is InChI=1S/C9H11ClN2O2/c10-7-4-8(11-12-9(7)13)6-2-1-3-14-5-6/h4,6H,1-3,5H2,(H,12,13). The van der Waals surface area contributed by atoms with Gasteiger partial charge in [0.05, 0.1) is 12.3 Å². The fourth-order valence-corrected chi connectivity index (χ4v) is 1.73. The van der Waals surface area contributed by atoms with Gasteiger partial charge in [0.15, 0.2) is 0 Å². The average molecular weight is 215 g/mol. The third-order valence-corrected chi connectivity index (χ3v) is 2.64. The predicted molar refractivity (Wildman–Crippen MR) is 52.7 cm³/mol. The van der Waals surface area contributed by atoms with Crippen LogP contribution < -0.4 is 5.56 Å². The van der Waals surface area contributed by atoms with Crippen LogP contribution >= 0.6 is 11.6 Å². The quantitative estimate of drug-likeness (QED) is 0.767. The van der Waals surface area contributed by atoms with E-state index in [0.717, 1.165) is 25.1 Å². The molecule has 0 aliphatic carbocycles. The molecule has 2 rings (SSSR count). The van der Waals surface area contributed by atoms with Gasteiger partial charge < -0.3 is 4.74 Å². The normalized spacial score (nSPS) is 22.2. The first kappa shape index (κ1) is 9.68. The number of aromatic amines is 1. The number of halogens is 1. The summed E-state index contributed by atoms with van der Waals surface area (Å²) in [6, 6.07) is 1.62. The van der Waals surface area contributed by atoms with E-state index in [1.54, 1.807) is 6.07 Å². The number of ether oxygens (including phenoxy) is 1. The molecule has 4 nitrogen and oxygen atoms in total. The molecule has 0 aromatic carbocycles. The molecule has 1 fully saturated rings. The molecule has 1 aliphatic rings. The highest BCUT2D eigenvalue weighted by atomic mass is 35.5. The fourth-order valence-electron chi connectivity index (χ4n) is 1.58. The van der Waals surface area contributed by atoms with Crippen molar-refractivity contribution in [1.82, 2.24) is 10.2 Å². The number of nitrogens with zero attached hydrogens (tertiary/aromatic N) is 1. The summed E-state index contributed by atoms with van der Waals surface area (Å²) in [6.07, 6.45) is 2.07. The maximum Gasteiger partial charge on any atom is 0.282 e. The minimum Gasteiger partial charge on any atom is -0.381 e. The van der Waals surface area contributed by atoms with Crippen LogP contribution in [0.25, 0.3) is 0 Å². The van der Waals surface area contributed by atoms with Crippen LogP contribution in [0.3, 0.4) is 0 Å². The van der Waals surface area contributed by atoms with Gasteiger partial charge in [-0.2, -0.15) is 5.10 Å². The van der Waals surface area contributed by atoms with Gasteiger partial charge in [-0.1, -0.05) is 11.6 Å². The molecular formula is C9H11ClN2O2. The number of rotatable bonds is 1. The van der Waals surface area contributed by atoms with E-state index in [2.05, 4.69) is 10.2 Å². The number of nitrogens with one attached hydrogen (secondary N) is 1. The molecule has 1 aromatic rings. The molecule has 0 spiro atoms. The molecule has 1 saturated heterocycles. The van der Waals surface area contributed by atoms with Crippen molar-refractivity contribution in [3.05, 3.63) is 27.1 Å². The maximum absolute atomic E-state index is 11.0. The predicted octanol–water partition coefficient (Wildman–Crippen LogP) is 1.32. The molecule has 76 valence electrons. The maximum atomic E-state index is 11.0. The van der Waals surface area contributed by atoms with Crippen LogP contribution in [-0.4, -0.2) is 23.4 Å². The summed E-state index contributed by atoms with van der Waals surface area (Å²) in [5.41, 5.74) is 0.474. The van der Waals surface area contributed by atoms with Crippen molar-refractivity contribution in [2.45, 2.75) is 18.8 Å². The molecule has 0 amide bonds. The average Bonchev–Trinajstić information content (AvgIpc) is 2.23. The van der Waals surface area contributed by atoms with Crippen LogP contribution in [0.4, 0.5) is 0 Å². The molecule has 1 aromatic heterocycles. The Morgan fingerprint density at radius 3 is 3.14 bits per heavy atom. The van der Waals surface area contributed by atoms with E-state index in [9.17, 15) is 4.79 Å². The Balaban J connectivity index is 2.22. The molecule has 5 heteroatoms. The van der Waals surface area contributed by atoms with E-state index in [0.29, 0.717) is 6.61 Å². The van der Waals surface area contributed by atoms with E-state index in [4.69, 9.17) is 16.3 Å². The molecule has 0 radical (unpaired) electrons. The molecule has 1 aliphatic heterocycles. The van der Waals surface area contributed by atoms with Crippen molar-refractivity contribution in [3.63, 3.8) is 0 Å². The third-order valence-electron chi connectivity index (χ3n) is 2.36. The zero-order valence-corrected chi connectivity index (χ0v) is 8.38. The highest BCUT2D eigenvalue weighted by molar-refractivity contribution is 6.30. The summed E-state index contributed by atoms with van der Waals surface area (Å²) < 4.78 is 5.33. The van der Waals surface area contributed by atoms with Crippen LogP contribution in [0.2, 0.25) is 5.02 Å². The molecule has 1 unspecified atom stereocenters. The molecule has 2 heterocycles. The van der Waals surface area contributed by atoms with Crippen molar-refractivity contribution in [2.24, 2.45) is 0 Å². The van der Waals surface area contributed by atoms with Gasteiger partial charge in [-0.05, 0) is 18.9 Å². The van der Waals surface area contributed by atoms with Crippen LogP contribution in [0, 0.1) is 0 Å². The lowest BCUT2D eigenvalue weighted by atomic mass is 9.98. The van der Waals surface area contributed by atoms with E-state index < -0.39 is 0 Å². The monoisotopic (exact) mass is 214 g/mol. The largest absolute Gasteiger partial charge is 0.381 e. The van der Waals surface area contributed by atoms with Gasteiger partial charge in [0.1, 0.15) is 5.02 Å². The molecule has 14 heavy (non-hydrogen) atoms. The Kier molecular flexibility index (Phi) is 2.84. The van der Waals surface area contributed by atoms with Crippen LogP contribution in [0.15, 0.2) is 10.9 Å². The second-order valence-electron chi connectivity index (χ2n) is 3.38. The van der Waals surface area contributed by atoms with Gasteiger partial charge in [0.25, 0.3) is 5.56 Å². The van der Waals surface area contributed by atoms with Crippen molar-refractivity contribution in [1.29, 1.82) is 0 Å². The zero-order chi connectivity index (χ0) is 9.97. The second-order valence-corrected chi connectivity index (χ2v) is 3.79. The van der Waals surface area contributed by atoms with E-state index >= 15 is 0 Å². The van der Waals surface area contributed by atoms with Gasteiger partial charge in [0.2, 0.25) is 0 Å². The number of H-pyrrole nitrogens is 1. The van der Waals surface area contributed by atoms with Crippen molar-refractivity contribution in [2.75, 3.05) is 13.2 Å². The van der Waals surface area contributed by atoms with Crippen molar-refractivity contribution < 1.29 is 4.74 Å². The fraction of sp³-hybridized carbons (Fsp3) is 0.556. The molecule has 0 bridgehead atoms. The number of aromatic nitrogens is 2. The molecule has 1 N–H and O–H groups in total. The lowest BCUT2D eigenvalue weighted by Gasteiger charge is -2.20. The Morgan fingerprint density at radius 2 is 2.50 bits per heavy atom. The second kappa shape index (κ2) is 4.11. The lowest BCUT2D eigenvalue weighted by Crippen LogP contribution is -2.19. The SMILES string of the molecule is O=c1[nH]nc(C2CCCOC2)cc1Cl.